The third-order valence-electron chi connectivity index (χ3n) is 4.14. The smallest absolute Gasteiger partial charge is 0.258 e. The van der Waals surface area contributed by atoms with Crippen LogP contribution in [0.5, 0.6) is 0 Å². The van der Waals surface area contributed by atoms with Gasteiger partial charge in [-0.2, -0.15) is 0 Å². The lowest BCUT2D eigenvalue weighted by Crippen LogP contribution is -2.26. The van der Waals surface area contributed by atoms with Crippen LogP contribution in [-0.4, -0.2) is 21.9 Å². The van der Waals surface area contributed by atoms with Crippen molar-refractivity contribution in [1.29, 1.82) is 0 Å². The van der Waals surface area contributed by atoms with E-state index < -0.39 is 0 Å². The van der Waals surface area contributed by atoms with Crippen LogP contribution in [0.3, 0.4) is 0 Å². The molecule has 1 atom stereocenters. The maximum Gasteiger partial charge on any atom is 0.258 e. The molecule has 3 rings (SSSR count). The highest BCUT2D eigenvalue weighted by atomic mass is 35.5. The molecule has 0 amide bonds. The zero-order valence-electron chi connectivity index (χ0n) is 13.4. The van der Waals surface area contributed by atoms with Gasteiger partial charge in [-0.1, -0.05) is 47.5 Å². The molecule has 124 valence electrons. The van der Waals surface area contributed by atoms with Gasteiger partial charge >= 0.3 is 0 Å². The second-order valence-electron chi connectivity index (χ2n) is 5.77. The Morgan fingerprint density at radius 1 is 1.17 bits per heavy atom. The Bertz CT molecular complexity index is 939. The summed E-state index contributed by atoms with van der Waals surface area (Å²) in [6, 6.07) is 12.8. The molecule has 0 aliphatic rings. The fraction of sp³-hybridized carbons (Fsp3) is 0.222. The molecule has 0 bridgehead atoms. The van der Waals surface area contributed by atoms with E-state index in [9.17, 15) is 4.79 Å². The van der Waals surface area contributed by atoms with E-state index in [1.807, 2.05) is 44.3 Å². The molecule has 0 spiro atoms. The van der Waals surface area contributed by atoms with Gasteiger partial charge in [-0.25, -0.2) is 4.98 Å². The van der Waals surface area contributed by atoms with Crippen molar-refractivity contribution in [3.8, 4) is 0 Å². The number of hydrogen-bond acceptors (Lipinski definition) is 3. The number of rotatable bonds is 4. The van der Waals surface area contributed by atoms with E-state index in [0.29, 0.717) is 33.3 Å². The largest absolute Gasteiger partial charge is 0.309 e. The van der Waals surface area contributed by atoms with E-state index in [1.54, 1.807) is 12.1 Å². The van der Waals surface area contributed by atoms with Crippen LogP contribution in [0.2, 0.25) is 10.0 Å². The van der Waals surface area contributed by atoms with Crippen LogP contribution in [0.25, 0.3) is 10.9 Å². The van der Waals surface area contributed by atoms with E-state index in [0.717, 1.165) is 5.56 Å². The van der Waals surface area contributed by atoms with Crippen molar-refractivity contribution < 1.29 is 0 Å². The van der Waals surface area contributed by atoms with Gasteiger partial charge in [-0.3, -0.25) is 9.69 Å². The molecule has 24 heavy (non-hydrogen) atoms. The molecule has 1 heterocycles. The molecule has 2 aromatic carbocycles. The van der Waals surface area contributed by atoms with Gasteiger partial charge < -0.3 is 4.98 Å². The summed E-state index contributed by atoms with van der Waals surface area (Å²) < 4.78 is 0. The number of aromatic amines is 1. The van der Waals surface area contributed by atoms with E-state index in [-0.39, 0.29) is 11.6 Å². The van der Waals surface area contributed by atoms with Crippen LogP contribution in [0.1, 0.15) is 24.4 Å². The molecular formula is C18H17Cl2N3O. The lowest BCUT2D eigenvalue weighted by Gasteiger charge is -2.24. The van der Waals surface area contributed by atoms with Gasteiger partial charge in [0.25, 0.3) is 5.56 Å². The second-order valence-corrected chi connectivity index (χ2v) is 6.56. The first-order chi connectivity index (χ1) is 11.5. The van der Waals surface area contributed by atoms with Crippen molar-refractivity contribution in [3.05, 3.63) is 74.3 Å². The number of aromatic nitrogens is 2. The minimum atomic E-state index is -0.128. The van der Waals surface area contributed by atoms with Gasteiger partial charge in [0.15, 0.2) is 0 Å². The summed E-state index contributed by atoms with van der Waals surface area (Å²) in [5.41, 5.74) is 1.50. The SMILES string of the molecule is CC(c1nc2ccccc2c(=O)[nH]1)N(C)Cc1cccc(Cl)c1Cl. The van der Waals surface area contributed by atoms with Gasteiger partial charge in [0.2, 0.25) is 0 Å². The van der Waals surface area contributed by atoms with Gasteiger partial charge in [-0.15, -0.1) is 0 Å². The first-order valence-electron chi connectivity index (χ1n) is 7.59. The number of hydrogen-bond donors (Lipinski definition) is 1. The first-order valence-corrected chi connectivity index (χ1v) is 8.35. The lowest BCUT2D eigenvalue weighted by atomic mass is 10.1. The number of H-pyrrole nitrogens is 1. The van der Waals surface area contributed by atoms with Gasteiger partial charge in [-0.05, 0) is 37.7 Å². The van der Waals surface area contributed by atoms with Crippen molar-refractivity contribution >= 4 is 34.1 Å². The maximum absolute atomic E-state index is 12.2. The molecule has 6 heteroatoms. The Kier molecular flexibility index (Phi) is 4.90. The minimum absolute atomic E-state index is 0.0858. The normalized spacial score (nSPS) is 12.7. The van der Waals surface area contributed by atoms with Gasteiger partial charge in [0.05, 0.1) is 27.0 Å². The quantitative estimate of drug-likeness (QED) is 0.747. The van der Waals surface area contributed by atoms with Gasteiger partial charge in [0.1, 0.15) is 5.82 Å². The molecule has 1 N–H and O–H groups in total. The number of halogens is 2. The van der Waals surface area contributed by atoms with E-state index >= 15 is 0 Å². The molecule has 0 aliphatic heterocycles. The van der Waals surface area contributed by atoms with Crippen molar-refractivity contribution in [1.82, 2.24) is 14.9 Å². The second kappa shape index (κ2) is 6.93. The average molecular weight is 362 g/mol. The average Bonchev–Trinajstić information content (AvgIpc) is 2.58. The highest BCUT2D eigenvalue weighted by Gasteiger charge is 2.17. The number of nitrogens with zero attached hydrogens (tertiary/aromatic N) is 2. The van der Waals surface area contributed by atoms with Crippen molar-refractivity contribution in [2.75, 3.05) is 7.05 Å². The molecule has 0 fully saturated rings. The summed E-state index contributed by atoms with van der Waals surface area (Å²) in [6.07, 6.45) is 0. The Labute approximate surface area is 150 Å². The van der Waals surface area contributed by atoms with Crippen LogP contribution in [-0.2, 0) is 6.54 Å². The summed E-state index contributed by atoms with van der Waals surface area (Å²) >= 11 is 12.3. The zero-order valence-corrected chi connectivity index (χ0v) is 14.9. The number of benzene rings is 2. The van der Waals surface area contributed by atoms with Crippen molar-refractivity contribution in [2.45, 2.75) is 19.5 Å². The van der Waals surface area contributed by atoms with Crippen LogP contribution in [0, 0.1) is 0 Å². The molecule has 0 saturated heterocycles. The third-order valence-corrected chi connectivity index (χ3v) is 5.00. The topological polar surface area (TPSA) is 49.0 Å². The molecule has 1 unspecified atom stereocenters. The van der Waals surface area contributed by atoms with Crippen LogP contribution in [0.15, 0.2) is 47.3 Å². The number of fused-ring (bicyclic) bond motifs is 1. The zero-order chi connectivity index (χ0) is 17.3. The highest BCUT2D eigenvalue weighted by molar-refractivity contribution is 6.42. The van der Waals surface area contributed by atoms with Crippen LogP contribution < -0.4 is 5.56 Å². The van der Waals surface area contributed by atoms with Crippen LogP contribution in [0.4, 0.5) is 0 Å². The minimum Gasteiger partial charge on any atom is -0.309 e. The highest BCUT2D eigenvalue weighted by Crippen LogP contribution is 2.28. The molecular weight excluding hydrogens is 345 g/mol. The van der Waals surface area contributed by atoms with Crippen LogP contribution >= 0.6 is 23.2 Å². The first kappa shape index (κ1) is 17.0. The van der Waals surface area contributed by atoms with E-state index in [2.05, 4.69) is 14.9 Å². The Morgan fingerprint density at radius 2 is 1.92 bits per heavy atom. The molecule has 0 aliphatic carbocycles. The maximum atomic E-state index is 12.2. The van der Waals surface area contributed by atoms with Gasteiger partial charge in [0, 0.05) is 6.54 Å². The summed E-state index contributed by atoms with van der Waals surface area (Å²) in [4.78, 5) is 21.7. The van der Waals surface area contributed by atoms with Crippen molar-refractivity contribution in [2.24, 2.45) is 0 Å². The predicted molar refractivity (Wildman–Crippen MR) is 98.7 cm³/mol. The molecule has 1 aromatic heterocycles. The Hall–Kier alpha value is -1.88. The number of nitrogens with one attached hydrogen (secondary N) is 1. The summed E-state index contributed by atoms with van der Waals surface area (Å²) in [5.74, 6) is 0.624. The molecule has 3 aromatic rings. The summed E-state index contributed by atoms with van der Waals surface area (Å²) in [5, 5.41) is 1.68. The molecule has 0 radical (unpaired) electrons. The number of para-hydroxylation sites is 1. The summed E-state index contributed by atoms with van der Waals surface area (Å²) in [6.45, 7) is 2.59. The Balaban J connectivity index is 1.89. The third kappa shape index (κ3) is 3.31. The van der Waals surface area contributed by atoms with Crippen molar-refractivity contribution in [3.63, 3.8) is 0 Å². The van der Waals surface area contributed by atoms with E-state index in [1.165, 1.54) is 0 Å². The fourth-order valence-electron chi connectivity index (χ4n) is 2.59. The lowest BCUT2D eigenvalue weighted by molar-refractivity contribution is 0.244. The molecule has 4 nitrogen and oxygen atoms in total. The summed E-state index contributed by atoms with van der Waals surface area (Å²) in [7, 11) is 1.96. The Morgan fingerprint density at radius 3 is 2.71 bits per heavy atom. The fourth-order valence-corrected chi connectivity index (χ4v) is 2.97. The van der Waals surface area contributed by atoms with E-state index in [4.69, 9.17) is 23.2 Å². The predicted octanol–water partition coefficient (Wildman–Crippen LogP) is 4.42. The standard InChI is InChI=1S/C18H17Cl2N3O/c1-11(23(2)10-12-6-5-8-14(19)16(12)20)17-21-15-9-4-3-7-13(15)18(24)22-17/h3-9,11H,10H2,1-2H3,(H,21,22,24). The molecule has 0 saturated carbocycles. The monoisotopic (exact) mass is 361 g/mol.